The second-order valence-electron chi connectivity index (χ2n) is 6.22. The first-order chi connectivity index (χ1) is 11.6. The minimum Gasteiger partial charge on any atom is -0.385 e. The topological polar surface area (TPSA) is 66.9 Å². The molecular formula is C18H22N2O4. The molecule has 1 saturated heterocycles. The van der Waals surface area contributed by atoms with Crippen LogP contribution in [-0.4, -0.2) is 60.9 Å². The van der Waals surface area contributed by atoms with Gasteiger partial charge in [-0.2, -0.15) is 0 Å². The van der Waals surface area contributed by atoms with Gasteiger partial charge in [-0.1, -0.05) is 0 Å². The smallest absolute Gasteiger partial charge is 0.261 e. The van der Waals surface area contributed by atoms with E-state index in [0.29, 0.717) is 36.3 Å². The third kappa shape index (κ3) is 3.06. The van der Waals surface area contributed by atoms with E-state index in [1.54, 1.807) is 25.3 Å². The quantitative estimate of drug-likeness (QED) is 0.611. The van der Waals surface area contributed by atoms with Crippen LogP contribution in [0, 0.1) is 0 Å². The average Bonchev–Trinajstić information content (AvgIpc) is 2.86. The number of nitrogens with zero attached hydrogens (tertiary/aromatic N) is 2. The van der Waals surface area contributed by atoms with E-state index in [9.17, 15) is 14.4 Å². The first kappa shape index (κ1) is 16.6. The van der Waals surface area contributed by atoms with Crippen LogP contribution in [0.5, 0.6) is 0 Å². The van der Waals surface area contributed by atoms with Crippen LogP contribution in [0.2, 0.25) is 0 Å². The molecule has 128 valence electrons. The minimum absolute atomic E-state index is 0.0596. The van der Waals surface area contributed by atoms with Crippen molar-refractivity contribution >= 4 is 17.7 Å². The first-order valence-electron chi connectivity index (χ1n) is 8.42. The summed E-state index contributed by atoms with van der Waals surface area (Å²) in [4.78, 5) is 40.5. The number of methoxy groups -OCH3 is 1. The van der Waals surface area contributed by atoms with E-state index >= 15 is 0 Å². The molecule has 2 aliphatic heterocycles. The van der Waals surface area contributed by atoms with Crippen LogP contribution in [-0.2, 0) is 4.74 Å². The average molecular weight is 330 g/mol. The fourth-order valence-electron chi connectivity index (χ4n) is 3.27. The summed E-state index contributed by atoms with van der Waals surface area (Å²) in [6, 6.07) is 4.82. The number of hydrogen-bond acceptors (Lipinski definition) is 4. The van der Waals surface area contributed by atoms with E-state index < -0.39 is 0 Å². The Morgan fingerprint density at radius 1 is 1.08 bits per heavy atom. The lowest BCUT2D eigenvalue weighted by molar-refractivity contribution is 0.0638. The van der Waals surface area contributed by atoms with Crippen molar-refractivity contribution in [3.8, 4) is 0 Å². The Hall–Kier alpha value is -2.21. The van der Waals surface area contributed by atoms with Crippen LogP contribution in [0.4, 0.5) is 0 Å². The van der Waals surface area contributed by atoms with Crippen molar-refractivity contribution in [1.29, 1.82) is 0 Å². The molecule has 0 spiro atoms. The van der Waals surface area contributed by atoms with Gasteiger partial charge in [0, 0.05) is 38.9 Å². The standard InChI is InChI=1S/C18H22N2O4/c1-24-11-5-10-20-17(22)14-7-6-13(12-15(14)18(20)23)16(21)19-8-3-2-4-9-19/h6-7,12H,2-5,8-11H2,1H3. The molecule has 24 heavy (non-hydrogen) atoms. The van der Waals surface area contributed by atoms with Crippen LogP contribution in [0.25, 0.3) is 0 Å². The summed E-state index contributed by atoms with van der Waals surface area (Å²) in [6.07, 6.45) is 3.78. The van der Waals surface area contributed by atoms with E-state index in [2.05, 4.69) is 0 Å². The zero-order valence-electron chi connectivity index (χ0n) is 13.9. The monoisotopic (exact) mass is 330 g/mol. The van der Waals surface area contributed by atoms with Gasteiger partial charge in [0.1, 0.15) is 0 Å². The Morgan fingerprint density at radius 3 is 2.50 bits per heavy atom. The normalized spacial score (nSPS) is 17.4. The maximum absolute atomic E-state index is 12.6. The maximum atomic E-state index is 12.6. The maximum Gasteiger partial charge on any atom is 0.261 e. The second-order valence-corrected chi connectivity index (χ2v) is 6.22. The van der Waals surface area contributed by atoms with Gasteiger partial charge in [-0.15, -0.1) is 0 Å². The minimum atomic E-state index is -0.320. The lowest BCUT2D eigenvalue weighted by Crippen LogP contribution is -2.35. The van der Waals surface area contributed by atoms with Gasteiger partial charge >= 0.3 is 0 Å². The Bertz CT molecular complexity index is 665. The predicted octanol–water partition coefficient (Wildman–Crippen LogP) is 1.95. The van der Waals surface area contributed by atoms with Crippen molar-refractivity contribution in [2.45, 2.75) is 25.7 Å². The van der Waals surface area contributed by atoms with Crippen molar-refractivity contribution in [3.63, 3.8) is 0 Å². The number of carbonyl (C=O) groups excluding carboxylic acids is 3. The third-order valence-electron chi connectivity index (χ3n) is 4.59. The van der Waals surface area contributed by atoms with Gasteiger partial charge in [-0.25, -0.2) is 0 Å². The van der Waals surface area contributed by atoms with Crippen molar-refractivity contribution in [3.05, 3.63) is 34.9 Å². The van der Waals surface area contributed by atoms with Gasteiger partial charge in [0.05, 0.1) is 11.1 Å². The van der Waals surface area contributed by atoms with Gasteiger partial charge in [0.2, 0.25) is 0 Å². The third-order valence-corrected chi connectivity index (χ3v) is 4.59. The van der Waals surface area contributed by atoms with Crippen LogP contribution in [0.1, 0.15) is 56.8 Å². The Balaban J connectivity index is 1.78. The highest BCUT2D eigenvalue weighted by molar-refractivity contribution is 6.22. The number of carbonyl (C=O) groups is 3. The predicted molar refractivity (Wildman–Crippen MR) is 88.1 cm³/mol. The summed E-state index contributed by atoms with van der Waals surface area (Å²) < 4.78 is 4.97. The summed E-state index contributed by atoms with van der Waals surface area (Å²) in [5, 5.41) is 0. The molecule has 0 N–H and O–H groups in total. The zero-order chi connectivity index (χ0) is 17.1. The molecule has 0 atom stereocenters. The molecular weight excluding hydrogens is 308 g/mol. The van der Waals surface area contributed by atoms with E-state index in [4.69, 9.17) is 4.74 Å². The van der Waals surface area contributed by atoms with Crippen LogP contribution >= 0.6 is 0 Å². The van der Waals surface area contributed by atoms with Gasteiger partial charge in [-0.05, 0) is 43.9 Å². The summed E-state index contributed by atoms with van der Waals surface area (Å²) >= 11 is 0. The summed E-state index contributed by atoms with van der Waals surface area (Å²) in [6.45, 7) is 2.33. The fraction of sp³-hybridized carbons (Fsp3) is 0.500. The highest BCUT2D eigenvalue weighted by Crippen LogP contribution is 2.25. The van der Waals surface area contributed by atoms with Gasteiger partial charge in [0.15, 0.2) is 0 Å². The Labute approximate surface area is 141 Å². The molecule has 6 heteroatoms. The lowest BCUT2D eigenvalue weighted by atomic mass is 10.0. The lowest BCUT2D eigenvalue weighted by Gasteiger charge is -2.26. The number of rotatable bonds is 5. The molecule has 0 aliphatic carbocycles. The van der Waals surface area contributed by atoms with Crippen molar-refractivity contribution in [2.75, 3.05) is 33.4 Å². The number of imide groups is 1. The summed E-state index contributed by atoms with van der Waals surface area (Å²) in [5.41, 5.74) is 1.20. The number of hydrogen-bond donors (Lipinski definition) is 0. The Kier molecular flexibility index (Phi) is 4.94. The number of amides is 3. The highest BCUT2D eigenvalue weighted by atomic mass is 16.5. The fourth-order valence-corrected chi connectivity index (χ4v) is 3.27. The number of piperidine rings is 1. The Morgan fingerprint density at radius 2 is 1.79 bits per heavy atom. The molecule has 2 heterocycles. The zero-order valence-corrected chi connectivity index (χ0v) is 13.9. The van der Waals surface area contributed by atoms with Gasteiger partial charge in [0.25, 0.3) is 17.7 Å². The van der Waals surface area contributed by atoms with Gasteiger partial charge < -0.3 is 9.64 Å². The number of ether oxygens (including phenoxy) is 1. The van der Waals surface area contributed by atoms with Crippen LogP contribution in [0.15, 0.2) is 18.2 Å². The molecule has 1 aromatic carbocycles. The van der Waals surface area contributed by atoms with Crippen LogP contribution in [0.3, 0.4) is 0 Å². The van der Waals surface area contributed by atoms with E-state index in [0.717, 1.165) is 32.4 Å². The molecule has 0 radical (unpaired) electrons. The largest absolute Gasteiger partial charge is 0.385 e. The highest BCUT2D eigenvalue weighted by Gasteiger charge is 2.35. The van der Waals surface area contributed by atoms with Crippen LogP contribution < -0.4 is 0 Å². The first-order valence-corrected chi connectivity index (χ1v) is 8.42. The molecule has 3 rings (SSSR count). The van der Waals surface area contributed by atoms with Crippen molar-refractivity contribution < 1.29 is 19.1 Å². The van der Waals surface area contributed by atoms with E-state index in [-0.39, 0.29) is 17.7 Å². The summed E-state index contributed by atoms with van der Waals surface area (Å²) in [5.74, 6) is -0.668. The molecule has 1 fully saturated rings. The molecule has 0 saturated carbocycles. The molecule has 0 bridgehead atoms. The molecule has 2 aliphatic rings. The second kappa shape index (κ2) is 7.13. The van der Waals surface area contributed by atoms with Gasteiger partial charge in [-0.3, -0.25) is 19.3 Å². The molecule has 0 unspecified atom stereocenters. The number of fused-ring (bicyclic) bond motifs is 1. The van der Waals surface area contributed by atoms with E-state index in [1.165, 1.54) is 4.90 Å². The SMILES string of the molecule is COCCCN1C(=O)c2ccc(C(=O)N3CCCCC3)cc2C1=O. The molecule has 6 nitrogen and oxygen atoms in total. The molecule has 3 amide bonds. The van der Waals surface area contributed by atoms with Crippen molar-refractivity contribution in [2.24, 2.45) is 0 Å². The summed E-state index contributed by atoms with van der Waals surface area (Å²) in [7, 11) is 1.58. The molecule has 0 aromatic heterocycles. The molecule has 1 aromatic rings. The van der Waals surface area contributed by atoms with Crippen molar-refractivity contribution in [1.82, 2.24) is 9.80 Å². The number of benzene rings is 1. The number of likely N-dealkylation sites (tertiary alicyclic amines) is 1. The van der Waals surface area contributed by atoms with E-state index in [1.807, 2.05) is 4.90 Å².